The SMILES string of the molecule is CCCCCCCCCCCCCCCCCCCC(=O)OC[C@H](COP(=O)(O)OCC[N+](C)(C)C)OC(=O)CCC/C=C\C[C@H]1C(=O)C[C@@H](O)[C@@H]1/C=C/[C@@H](O)CCCCC. The van der Waals surface area contributed by atoms with Gasteiger partial charge in [0.15, 0.2) is 6.10 Å². The van der Waals surface area contributed by atoms with E-state index in [9.17, 15) is 34.1 Å². The van der Waals surface area contributed by atoms with E-state index in [1.54, 1.807) is 12.2 Å². The van der Waals surface area contributed by atoms with E-state index in [0.29, 0.717) is 43.1 Å². The Morgan fingerprint density at radius 3 is 1.87 bits per heavy atom. The molecule has 0 bridgehead atoms. The highest BCUT2D eigenvalue weighted by molar-refractivity contribution is 7.47. The van der Waals surface area contributed by atoms with Gasteiger partial charge >= 0.3 is 19.8 Å². The smallest absolute Gasteiger partial charge is 0.462 e. The third-order valence-electron chi connectivity index (χ3n) is 11.4. The third-order valence-corrected chi connectivity index (χ3v) is 12.3. The summed E-state index contributed by atoms with van der Waals surface area (Å²) in [6.07, 6.45) is 31.6. The fourth-order valence-electron chi connectivity index (χ4n) is 7.47. The number of phosphoric ester groups is 1. The molecule has 0 aliphatic heterocycles. The van der Waals surface area contributed by atoms with Crippen LogP contribution in [0.5, 0.6) is 0 Å². The van der Waals surface area contributed by atoms with E-state index in [-0.39, 0.29) is 50.1 Å². The van der Waals surface area contributed by atoms with Crippen LogP contribution in [0.15, 0.2) is 24.3 Å². The number of nitrogens with zero attached hydrogens (tertiary/aromatic N) is 1. The molecule has 0 saturated heterocycles. The van der Waals surface area contributed by atoms with Gasteiger partial charge in [-0.25, -0.2) is 4.57 Å². The van der Waals surface area contributed by atoms with Crippen LogP contribution >= 0.6 is 7.82 Å². The van der Waals surface area contributed by atoms with Crippen LogP contribution in [0, 0.1) is 11.8 Å². The average molecular weight is 887 g/mol. The molecule has 1 rings (SSSR count). The summed E-state index contributed by atoms with van der Waals surface area (Å²) >= 11 is 0. The first-order chi connectivity index (χ1) is 29.2. The summed E-state index contributed by atoms with van der Waals surface area (Å²) in [5.74, 6) is -1.71. The Balaban J connectivity index is 2.45. The first kappa shape index (κ1) is 57.1. The van der Waals surface area contributed by atoms with E-state index >= 15 is 0 Å². The van der Waals surface area contributed by atoms with Crippen molar-refractivity contribution >= 4 is 25.5 Å². The van der Waals surface area contributed by atoms with Crippen molar-refractivity contribution in [1.29, 1.82) is 0 Å². The van der Waals surface area contributed by atoms with Gasteiger partial charge in [0, 0.05) is 31.1 Å². The number of Topliss-reactive ketones (excluding diaryl/α,β-unsaturated/α-hetero) is 1. The Morgan fingerprint density at radius 1 is 0.754 bits per heavy atom. The number of unbranched alkanes of at least 4 members (excludes halogenated alkanes) is 19. The standard InChI is InChI=1S/C48H88NO11P/c1-6-8-10-11-12-13-14-15-16-17-18-19-20-21-22-23-28-32-47(53)57-39-42(40-59-61(55,56)58-37-36-49(3,4)5)60-48(54)33-29-25-24-27-31-43-44(46(52)38-45(43)51)35-34-41(50)30-26-9-7-2/h24,27,34-35,41-44,46,50,52H,6-23,25-26,28-33,36-40H2,1-5H3/p+1/b27-24-,35-34+/t41-,42+,43+,44+,46+/m0/s1. The van der Waals surface area contributed by atoms with Gasteiger partial charge in [-0.2, -0.15) is 0 Å². The van der Waals surface area contributed by atoms with Gasteiger partial charge in [0.25, 0.3) is 0 Å². The minimum atomic E-state index is -4.45. The molecule has 1 aliphatic carbocycles. The molecule has 0 heterocycles. The number of likely N-dealkylation sites (N-methyl/N-ethyl adjacent to an activating group) is 1. The van der Waals surface area contributed by atoms with Gasteiger partial charge in [-0.3, -0.25) is 23.4 Å². The van der Waals surface area contributed by atoms with E-state index in [1.807, 2.05) is 33.3 Å². The maximum Gasteiger partial charge on any atom is 0.472 e. The minimum Gasteiger partial charge on any atom is -0.462 e. The van der Waals surface area contributed by atoms with Crippen LogP contribution in [0.25, 0.3) is 0 Å². The first-order valence-electron chi connectivity index (χ1n) is 24.2. The van der Waals surface area contributed by atoms with Gasteiger partial charge in [0.1, 0.15) is 25.5 Å². The molecule has 1 unspecified atom stereocenters. The summed E-state index contributed by atoms with van der Waals surface area (Å²) in [4.78, 5) is 48.2. The van der Waals surface area contributed by atoms with Crippen molar-refractivity contribution in [1.82, 2.24) is 0 Å². The van der Waals surface area contributed by atoms with Crippen LogP contribution in [-0.2, 0) is 37.5 Å². The van der Waals surface area contributed by atoms with Crippen molar-refractivity contribution in [2.24, 2.45) is 11.8 Å². The van der Waals surface area contributed by atoms with Crippen LogP contribution in [0.3, 0.4) is 0 Å². The number of phosphoric acid groups is 1. The molecule has 1 fully saturated rings. The average Bonchev–Trinajstić information content (AvgIpc) is 3.47. The fraction of sp³-hybridized carbons (Fsp3) is 0.854. The number of carbonyl (C=O) groups is 3. The number of carbonyl (C=O) groups excluding carboxylic acids is 3. The lowest BCUT2D eigenvalue weighted by Crippen LogP contribution is -2.37. The molecule has 61 heavy (non-hydrogen) atoms. The van der Waals surface area contributed by atoms with Crippen molar-refractivity contribution in [2.45, 2.75) is 206 Å². The molecule has 12 nitrogen and oxygen atoms in total. The molecule has 0 spiro atoms. The summed E-state index contributed by atoms with van der Waals surface area (Å²) in [6.45, 7) is 4.03. The molecular formula is C48H89NO11P+. The molecule has 13 heteroatoms. The lowest BCUT2D eigenvalue weighted by molar-refractivity contribution is -0.870. The topological polar surface area (TPSA) is 166 Å². The third kappa shape index (κ3) is 32.4. The van der Waals surface area contributed by atoms with Crippen molar-refractivity contribution in [3.8, 4) is 0 Å². The molecule has 3 N–H and O–H groups in total. The van der Waals surface area contributed by atoms with Crippen LogP contribution in [-0.4, -0.2) is 103 Å². The number of ether oxygens (including phenoxy) is 2. The Kier molecular flexibility index (Phi) is 33.2. The quantitative estimate of drug-likeness (QED) is 0.0176. The molecule has 6 atom stereocenters. The fourth-order valence-corrected chi connectivity index (χ4v) is 8.21. The van der Waals surface area contributed by atoms with Crippen LogP contribution in [0.2, 0.25) is 0 Å². The van der Waals surface area contributed by atoms with Crippen molar-refractivity contribution in [3.05, 3.63) is 24.3 Å². The largest absolute Gasteiger partial charge is 0.472 e. The van der Waals surface area contributed by atoms with Gasteiger partial charge in [-0.1, -0.05) is 160 Å². The summed E-state index contributed by atoms with van der Waals surface area (Å²) in [5, 5.41) is 20.7. The van der Waals surface area contributed by atoms with E-state index in [4.69, 9.17) is 18.5 Å². The lowest BCUT2D eigenvalue weighted by Gasteiger charge is -2.24. The molecule has 0 aromatic rings. The van der Waals surface area contributed by atoms with E-state index in [1.165, 1.54) is 83.5 Å². The molecule has 0 aromatic heterocycles. The monoisotopic (exact) mass is 887 g/mol. The zero-order valence-corrected chi connectivity index (χ0v) is 40.0. The van der Waals surface area contributed by atoms with Gasteiger partial charge in [0.05, 0.1) is 40.0 Å². The van der Waals surface area contributed by atoms with Crippen LogP contribution in [0.4, 0.5) is 0 Å². The second kappa shape index (κ2) is 35.4. The number of esters is 2. The lowest BCUT2D eigenvalue weighted by atomic mass is 9.90. The maximum atomic E-state index is 12.8. The molecular weight excluding hydrogens is 797 g/mol. The molecule has 1 saturated carbocycles. The number of allylic oxidation sites excluding steroid dienone is 2. The van der Waals surface area contributed by atoms with Crippen molar-refractivity contribution in [2.75, 3.05) is 47.5 Å². The number of rotatable bonds is 40. The zero-order valence-electron chi connectivity index (χ0n) is 39.1. The Bertz CT molecular complexity index is 1250. The predicted octanol–water partition coefficient (Wildman–Crippen LogP) is 10.5. The Morgan fingerprint density at radius 2 is 1.30 bits per heavy atom. The first-order valence-corrected chi connectivity index (χ1v) is 25.7. The highest BCUT2D eigenvalue weighted by Crippen LogP contribution is 2.43. The minimum absolute atomic E-state index is 0.00349. The normalized spacial score (nSPS) is 19.1. The molecule has 1 aliphatic rings. The number of aliphatic hydroxyl groups is 2. The maximum absolute atomic E-state index is 12.8. The van der Waals surface area contributed by atoms with Gasteiger partial charge < -0.3 is 29.1 Å². The molecule has 356 valence electrons. The van der Waals surface area contributed by atoms with Crippen molar-refractivity contribution in [3.63, 3.8) is 0 Å². The predicted molar refractivity (Wildman–Crippen MR) is 244 cm³/mol. The van der Waals surface area contributed by atoms with Gasteiger partial charge in [-0.05, 0) is 32.1 Å². The molecule has 0 amide bonds. The van der Waals surface area contributed by atoms with E-state index < -0.39 is 44.7 Å². The van der Waals surface area contributed by atoms with Gasteiger partial charge in [-0.15, -0.1) is 0 Å². The highest BCUT2D eigenvalue weighted by atomic mass is 31.2. The second-order valence-electron chi connectivity index (χ2n) is 18.3. The van der Waals surface area contributed by atoms with Gasteiger partial charge in [0.2, 0.25) is 0 Å². The van der Waals surface area contributed by atoms with E-state index in [0.717, 1.165) is 38.5 Å². The number of quaternary nitrogens is 1. The number of aliphatic hydroxyl groups excluding tert-OH is 2. The van der Waals surface area contributed by atoms with E-state index in [2.05, 4.69) is 13.8 Å². The Labute approximate surface area is 370 Å². The van der Waals surface area contributed by atoms with Crippen LogP contribution < -0.4 is 0 Å². The summed E-state index contributed by atoms with van der Waals surface area (Å²) in [5.41, 5.74) is 0. The number of ketones is 1. The summed E-state index contributed by atoms with van der Waals surface area (Å²) < 4.78 is 34.3. The number of hydrogen-bond donors (Lipinski definition) is 3. The Hall–Kier alpha value is -1.92. The van der Waals surface area contributed by atoms with Crippen molar-refractivity contribution < 1.29 is 57.1 Å². The number of hydrogen-bond acceptors (Lipinski definition) is 10. The van der Waals surface area contributed by atoms with Crippen LogP contribution in [0.1, 0.15) is 187 Å². The molecule has 0 radical (unpaired) electrons. The summed E-state index contributed by atoms with van der Waals surface area (Å²) in [7, 11) is 1.32. The second-order valence-corrected chi connectivity index (χ2v) is 19.7. The zero-order chi connectivity index (χ0) is 45.2. The summed E-state index contributed by atoms with van der Waals surface area (Å²) in [6, 6.07) is 0. The molecule has 0 aromatic carbocycles. The highest BCUT2D eigenvalue weighted by Gasteiger charge is 2.39.